The Labute approximate surface area is 200 Å². The zero-order valence-corrected chi connectivity index (χ0v) is 20.2. The highest BCUT2D eigenvalue weighted by molar-refractivity contribution is 7.15. The van der Waals surface area contributed by atoms with Crippen LogP contribution in [0.3, 0.4) is 0 Å². The van der Waals surface area contributed by atoms with E-state index in [1.165, 1.54) is 23.5 Å². The van der Waals surface area contributed by atoms with Crippen LogP contribution in [0.1, 0.15) is 40.7 Å². The van der Waals surface area contributed by atoms with Crippen molar-refractivity contribution in [2.24, 2.45) is 5.92 Å². The van der Waals surface area contributed by atoms with Gasteiger partial charge >= 0.3 is 0 Å². The van der Waals surface area contributed by atoms with E-state index in [-0.39, 0.29) is 23.7 Å². The molecule has 9 heteroatoms. The number of nitrogens with one attached hydrogen (secondary N) is 1. The van der Waals surface area contributed by atoms with Crippen LogP contribution in [0.2, 0.25) is 0 Å². The minimum Gasteiger partial charge on any atom is -0.493 e. The first-order valence-electron chi connectivity index (χ1n) is 11.1. The van der Waals surface area contributed by atoms with Crippen molar-refractivity contribution in [2.45, 2.75) is 26.3 Å². The molecule has 3 heterocycles. The van der Waals surface area contributed by atoms with Crippen molar-refractivity contribution in [2.75, 3.05) is 20.8 Å². The second kappa shape index (κ2) is 8.72. The average Bonchev–Trinajstić information content (AvgIpc) is 3.53. The van der Waals surface area contributed by atoms with E-state index in [0.717, 1.165) is 38.7 Å². The largest absolute Gasteiger partial charge is 0.493 e. The normalized spacial score (nSPS) is 18.0. The number of hydrogen-bond donors (Lipinski definition) is 1. The van der Waals surface area contributed by atoms with E-state index in [9.17, 15) is 9.18 Å². The van der Waals surface area contributed by atoms with Gasteiger partial charge in [-0.1, -0.05) is 19.1 Å². The minimum absolute atomic E-state index is 0.145. The van der Waals surface area contributed by atoms with Crippen molar-refractivity contribution in [1.29, 1.82) is 0 Å². The summed E-state index contributed by atoms with van der Waals surface area (Å²) in [5, 5.41) is 0.786. The molecule has 0 unspecified atom stereocenters. The lowest BCUT2D eigenvalue weighted by Crippen LogP contribution is -2.33. The molecule has 2 aromatic carbocycles. The average molecular weight is 481 g/mol. The summed E-state index contributed by atoms with van der Waals surface area (Å²) in [5.41, 5.74) is 2.74. The molecule has 0 bridgehead atoms. The molecule has 1 fully saturated rings. The monoisotopic (exact) mass is 480 g/mol. The summed E-state index contributed by atoms with van der Waals surface area (Å²) in [4.78, 5) is 29.1. The standard InChI is InChI=1S/C25H25FN4O3S/c1-13-9-10-30(22(13)24-28-17-11-19(32-3)20(33-4)12-18(17)29-24)25(31)21-23(34-14(2)27-21)15-5-7-16(26)8-6-15/h5-8,11-13,22H,9-10H2,1-4H3,(H,28,29)/t13-,22-/m0/s1. The van der Waals surface area contributed by atoms with Gasteiger partial charge in [0.05, 0.1) is 41.2 Å². The fourth-order valence-corrected chi connectivity index (χ4v) is 5.51. The Kier molecular flexibility index (Phi) is 5.73. The molecule has 4 aromatic rings. The highest BCUT2D eigenvalue weighted by atomic mass is 32.1. The number of nitrogens with zero attached hydrogens (tertiary/aromatic N) is 3. The van der Waals surface area contributed by atoms with E-state index in [4.69, 9.17) is 14.5 Å². The minimum atomic E-state index is -0.315. The third kappa shape index (κ3) is 3.79. The Bertz CT molecular complexity index is 1320. The highest BCUT2D eigenvalue weighted by Gasteiger charge is 2.39. The van der Waals surface area contributed by atoms with Crippen LogP contribution in [-0.2, 0) is 0 Å². The maximum absolute atomic E-state index is 13.8. The summed E-state index contributed by atoms with van der Waals surface area (Å²) >= 11 is 1.44. The molecule has 2 aromatic heterocycles. The summed E-state index contributed by atoms with van der Waals surface area (Å²) < 4.78 is 24.3. The summed E-state index contributed by atoms with van der Waals surface area (Å²) in [6.07, 6.45) is 0.856. The van der Waals surface area contributed by atoms with Crippen molar-refractivity contribution in [3.8, 4) is 21.9 Å². The molecule has 1 aliphatic rings. The maximum atomic E-state index is 13.8. The number of aryl methyl sites for hydroxylation is 1. The SMILES string of the molecule is COc1cc2nc([C@@H]3[C@@H](C)CCN3C(=O)c3nc(C)sc3-c3ccc(F)cc3)[nH]c2cc1OC. The Morgan fingerprint density at radius 1 is 1.15 bits per heavy atom. The number of ether oxygens (including phenoxy) is 2. The zero-order valence-electron chi connectivity index (χ0n) is 19.4. The molecule has 176 valence electrons. The van der Waals surface area contributed by atoms with Gasteiger partial charge in [0.15, 0.2) is 11.5 Å². The predicted molar refractivity (Wildman–Crippen MR) is 129 cm³/mol. The van der Waals surface area contributed by atoms with E-state index < -0.39 is 0 Å². The molecule has 1 amide bonds. The number of carbonyl (C=O) groups is 1. The second-order valence-electron chi connectivity index (χ2n) is 8.47. The summed E-state index contributed by atoms with van der Waals surface area (Å²) in [5.74, 6) is 1.68. The van der Waals surface area contributed by atoms with Crippen LogP contribution >= 0.6 is 11.3 Å². The second-order valence-corrected chi connectivity index (χ2v) is 9.68. The molecule has 1 N–H and O–H groups in total. The van der Waals surface area contributed by atoms with Gasteiger partial charge in [-0.15, -0.1) is 11.3 Å². The smallest absolute Gasteiger partial charge is 0.274 e. The van der Waals surface area contributed by atoms with Gasteiger partial charge in [-0.2, -0.15) is 0 Å². The Morgan fingerprint density at radius 2 is 1.85 bits per heavy atom. The summed E-state index contributed by atoms with van der Waals surface area (Å²) in [6, 6.07) is 9.63. The van der Waals surface area contributed by atoms with Crippen molar-refractivity contribution >= 4 is 28.3 Å². The Balaban J connectivity index is 1.53. The molecular weight excluding hydrogens is 455 g/mol. The van der Waals surface area contributed by atoms with E-state index in [2.05, 4.69) is 16.9 Å². The first-order chi connectivity index (χ1) is 16.4. The molecule has 34 heavy (non-hydrogen) atoms. The summed E-state index contributed by atoms with van der Waals surface area (Å²) in [6.45, 7) is 4.60. The molecule has 0 aliphatic carbocycles. The van der Waals surface area contributed by atoms with Crippen LogP contribution in [0.4, 0.5) is 4.39 Å². The number of aromatic amines is 1. The predicted octanol–water partition coefficient (Wildman–Crippen LogP) is 5.37. The Hall–Kier alpha value is -3.46. The first kappa shape index (κ1) is 22.3. The van der Waals surface area contributed by atoms with Crippen molar-refractivity contribution in [3.05, 3.63) is 58.7 Å². The van der Waals surface area contributed by atoms with Crippen molar-refractivity contribution in [1.82, 2.24) is 19.9 Å². The molecular formula is C25H25FN4O3S. The summed E-state index contributed by atoms with van der Waals surface area (Å²) in [7, 11) is 3.18. The lowest BCUT2D eigenvalue weighted by molar-refractivity contribution is 0.0710. The fraction of sp³-hybridized carbons (Fsp3) is 0.320. The maximum Gasteiger partial charge on any atom is 0.274 e. The van der Waals surface area contributed by atoms with Gasteiger partial charge in [-0.3, -0.25) is 4.79 Å². The molecule has 2 atom stereocenters. The first-order valence-corrected chi connectivity index (χ1v) is 11.9. The number of halogens is 1. The Morgan fingerprint density at radius 3 is 2.56 bits per heavy atom. The number of imidazole rings is 1. The van der Waals surface area contributed by atoms with Gasteiger partial charge in [-0.25, -0.2) is 14.4 Å². The number of methoxy groups -OCH3 is 2. The van der Waals surface area contributed by atoms with E-state index in [1.807, 2.05) is 24.0 Å². The number of amides is 1. The van der Waals surface area contributed by atoms with Crippen LogP contribution in [0.15, 0.2) is 36.4 Å². The van der Waals surface area contributed by atoms with E-state index in [0.29, 0.717) is 23.7 Å². The number of aromatic nitrogens is 3. The number of thiazole rings is 1. The number of rotatable bonds is 5. The number of hydrogen-bond acceptors (Lipinski definition) is 6. The van der Waals surface area contributed by atoms with Gasteiger partial charge in [0.25, 0.3) is 5.91 Å². The van der Waals surface area contributed by atoms with Crippen LogP contribution in [-0.4, -0.2) is 46.5 Å². The fourth-order valence-electron chi connectivity index (χ4n) is 4.59. The third-order valence-corrected chi connectivity index (χ3v) is 7.31. The number of likely N-dealkylation sites (tertiary alicyclic amines) is 1. The molecule has 5 rings (SSSR count). The molecule has 1 aliphatic heterocycles. The van der Waals surface area contributed by atoms with Crippen LogP contribution in [0.25, 0.3) is 21.5 Å². The van der Waals surface area contributed by atoms with Gasteiger partial charge < -0.3 is 19.4 Å². The number of H-pyrrole nitrogens is 1. The topological polar surface area (TPSA) is 80.3 Å². The van der Waals surface area contributed by atoms with Gasteiger partial charge in [0.1, 0.15) is 17.3 Å². The molecule has 0 radical (unpaired) electrons. The van der Waals surface area contributed by atoms with E-state index >= 15 is 0 Å². The lowest BCUT2D eigenvalue weighted by atomic mass is 10.0. The van der Waals surface area contributed by atoms with Crippen LogP contribution in [0.5, 0.6) is 11.5 Å². The molecule has 7 nitrogen and oxygen atoms in total. The van der Waals surface area contributed by atoms with Crippen molar-refractivity contribution in [3.63, 3.8) is 0 Å². The lowest BCUT2D eigenvalue weighted by Gasteiger charge is -2.25. The van der Waals surface area contributed by atoms with Crippen molar-refractivity contribution < 1.29 is 18.7 Å². The van der Waals surface area contributed by atoms with Crippen LogP contribution in [0, 0.1) is 18.7 Å². The number of carbonyl (C=O) groups excluding carboxylic acids is 1. The third-order valence-electron chi connectivity index (χ3n) is 6.29. The van der Waals surface area contributed by atoms with Gasteiger partial charge in [0.2, 0.25) is 0 Å². The van der Waals surface area contributed by atoms with Crippen LogP contribution < -0.4 is 9.47 Å². The van der Waals surface area contributed by atoms with Gasteiger partial charge in [-0.05, 0) is 37.0 Å². The number of fused-ring (bicyclic) bond motifs is 1. The van der Waals surface area contributed by atoms with Gasteiger partial charge in [0, 0.05) is 18.7 Å². The number of benzene rings is 2. The highest BCUT2D eigenvalue weighted by Crippen LogP contribution is 2.40. The molecule has 0 saturated carbocycles. The van der Waals surface area contributed by atoms with E-state index in [1.54, 1.807) is 26.4 Å². The molecule has 1 saturated heterocycles. The zero-order chi connectivity index (χ0) is 24.0. The quantitative estimate of drug-likeness (QED) is 0.415. The molecule has 0 spiro atoms.